The normalized spacial score (nSPS) is 28.5. The maximum absolute atomic E-state index is 6.13. The summed E-state index contributed by atoms with van der Waals surface area (Å²) in [6.07, 6.45) is 5.50. The third-order valence-electron chi connectivity index (χ3n) is 5.65. The summed E-state index contributed by atoms with van der Waals surface area (Å²) in [5.74, 6) is 0.845. The molecule has 0 aromatic heterocycles. The molecule has 0 bridgehead atoms. The quantitative estimate of drug-likeness (QED) is 0.921. The third-order valence-corrected chi connectivity index (χ3v) is 5.65. The van der Waals surface area contributed by atoms with Crippen molar-refractivity contribution in [2.45, 2.75) is 43.7 Å². The van der Waals surface area contributed by atoms with Gasteiger partial charge in [-0.2, -0.15) is 0 Å². The van der Waals surface area contributed by atoms with Crippen molar-refractivity contribution in [3.8, 4) is 0 Å². The first-order valence-corrected chi connectivity index (χ1v) is 8.63. The Bertz CT molecular complexity index is 480. The van der Waals surface area contributed by atoms with Gasteiger partial charge in [0, 0.05) is 38.3 Å². The average Bonchev–Trinajstić information content (AvgIpc) is 3.27. The highest BCUT2D eigenvalue weighted by Gasteiger charge is 2.33. The zero-order valence-electron chi connectivity index (χ0n) is 12.9. The van der Waals surface area contributed by atoms with Gasteiger partial charge in [0.25, 0.3) is 0 Å². The lowest BCUT2D eigenvalue weighted by Crippen LogP contribution is -2.52. The molecule has 1 aliphatic carbocycles. The van der Waals surface area contributed by atoms with Gasteiger partial charge in [-0.25, -0.2) is 0 Å². The molecule has 1 aromatic rings. The van der Waals surface area contributed by atoms with Crippen LogP contribution in [0.3, 0.4) is 0 Å². The molecule has 3 nitrogen and oxygen atoms in total. The van der Waals surface area contributed by atoms with Gasteiger partial charge in [-0.3, -0.25) is 9.80 Å². The fourth-order valence-corrected chi connectivity index (χ4v) is 4.20. The Labute approximate surface area is 128 Å². The standard InChI is InChI=1S/C18H27N3/c19-12-18(16-7-5-15(6-8-16)14-3-4-14)21-11-10-20-9-1-2-17(20)13-21/h5-8,14,17-18H,1-4,9-13,19H2. The summed E-state index contributed by atoms with van der Waals surface area (Å²) in [4.78, 5) is 5.29. The predicted molar refractivity (Wildman–Crippen MR) is 86.4 cm³/mol. The Morgan fingerprint density at radius 1 is 1.05 bits per heavy atom. The first-order chi connectivity index (χ1) is 10.3. The second-order valence-electron chi connectivity index (χ2n) is 7.02. The summed E-state index contributed by atoms with van der Waals surface area (Å²) in [5.41, 5.74) is 9.06. The lowest BCUT2D eigenvalue weighted by molar-refractivity contribution is 0.0737. The van der Waals surface area contributed by atoms with Crippen LogP contribution in [0.1, 0.15) is 48.8 Å². The molecule has 0 spiro atoms. The van der Waals surface area contributed by atoms with Crippen LogP contribution in [0.5, 0.6) is 0 Å². The van der Waals surface area contributed by atoms with E-state index in [2.05, 4.69) is 34.1 Å². The second-order valence-corrected chi connectivity index (χ2v) is 7.02. The van der Waals surface area contributed by atoms with Gasteiger partial charge in [0.15, 0.2) is 0 Å². The van der Waals surface area contributed by atoms with Crippen LogP contribution in [0.4, 0.5) is 0 Å². The number of piperazine rings is 1. The minimum absolute atomic E-state index is 0.404. The molecule has 2 atom stereocenters. The number of hydrogen-bond donors (Lipinski definition) is 1. The van der Waals surface area contributed by atoms with Crippen molar-refractivity contribution >= 4 is 0 Å². The van der Waals surface area contributed by atoms with E-state index in [0.717, 1.165) is 18.5 Å². The molecule has 2 N–H and O–H groups in total. The van der Waals surface area contributed by atoms with Crippen LogP contribution in [0, 0.1) is 0 Å². The SMILES string of the molecule is NCC(c1ccc(C2CC2)cc1)N1CCN2CCCC2C1. The van der Waals surface area contributed by atoms with Crippen LogP contribution in [0.25, 0.3) is 0 Å². The summed E-state index contributed by atoms with van der Waals surface area (Å²) in [6.45, 7) is 5.63. The van der Waals surface area contributed by atoms with Gasteiger partial charge in [0.2, 0.25) is 0 Å². The van der Waals surface area contributed by atoms with Crippen LogP contribution < -0.4 is 5.73 Å². The Kier molecular flexibility index (Phi) is 3.74. The Hall–Kier alpha value is -0.900. The molecule has 2 heterocycles. The van der Waals surface area contributed by atoms with E-state index in [1.165, 1.54) is 63.0 Å². The summed E-state index contributed by atoms with van der Waals surface area (Å²) in [6, 6.07) is 10.5. The van der Waals surface area contributed by atoms with E-state index in [1.54, 1.807) is 0 Å². The van der Waals surface area contributed by atoms with Gasteiger partial charge < -0.3 is 5.73 Å². The molecule has 4 rings (SSSR count). The van der Waals surface area contributed by atoms with Crippen LogP contribution in [0.15, 0.2) is 24.3 Å². The number of benzene rings is 1. The molecule has 2 aliphatic heterocycles. The molecule has 2 unspecified atom stereocenters. The molecular formula is C18H27N3. The van der Waals surface area contributed by atoms with E-state index in [9.17, 15) is 0 Å². The van der Waals surface area contributed by atoms with Crippen molar-refractivity contribution in [1.82, 2.24) is 9.80 Å². The summed E-state index contributed by atoms with van der Waals surface area (Å²) in [7, 11) is 0. The fourth-order valence-electron chi connectivity index (χ4n) is 4.20. The van der Waals surface area contributed by atoms with E-state index >= 15 is 0 Å². The zero-order valence-corrected chi connectivity index (χ0v) is 12.9. The van der Waals surface area contributed by atoms with Crippen LogP contribution in [-0.4, -0.2) is 48.6 Å². The monoisotopic (exact) mass is 285 g/mol. The van der Waals surface area contributed by atoms with Gasteiger partial charge in [-0.05, 0) is 49.3 Å². The molecule has 3 heteroatoms. The van der Waals surface area contributed by atoms with Gasteiger partial charge >= 0.3 is 0 Å². The van der Waals surface area contributed by atoms with Gasteiger partial charge in [0.05, 0.1) is 0 Å². The Morgan fingerprint density at radius 3 is 2.57 bits per heavy atom. The van der Waals surface area contributed by atoms with Crippen molar-refractivity contribution in [1.29, 1.82) is 0 Å². The lowest BCUT2D eigenvalue weighted by Gasteiger charge is -2.41. The third kappa shape index (κ3) is 2.75. The smallest absolute Gasteiger partial charge is 0.0471 e. The Balaban J connectivity index is 1.48. The molecule has 2 saturated heterocycles. The number of fused-ring (bicyclic) bond motifs is 1. The number of nitrogens with two attached hydrogens (primary N) is 1. The minimum atomic E-state index is 0.404. The highest BCUT2D eigenvalue weighted by Crippen LogP contribution is 2.40. The van der Waals surface area contributed by atoms with Crippen LogP contribution >= 0.6 is 0 Å². The van der Waals surface area contributed by atoms with Crippen LogP contribution in [-0.2, 0) is 0 Å². The molecule has 1 saturated carbocycles. The zero-order chi connectivity index (χ0) is 14.2. The molecule has 3 fully saturated rings. The van der Waals surface area contributed by atoms with Crippen molar-refractivity contribution < 1.29 is 0 Å². The van der Waals surface area contributed by atoms with Crippen molar-refractivity contribution in [2.24, 2.45) is 5.73 Å². The average molecular weight is 285 g/mol. The molecule has 114 valence electrons. The molecule has 0 amide bonds. The van der Waals surface area contributed by atoms with Gasteiger partial charge in [-0.1, -0.05) is 24.3 Å². The highest BCUT2D eigenvalue weighted by atomic mass is 15.3. The first kappa shape index (κ1) is 13.7. The van der Waals surface area contributed by atoms with Crippen molar-refractivity contribution in [2.75, 3.05) is 32.7 Å². The first-order valence-electron chi connectivity index (χ1n) is 8.63. The van der Waals surface area contributed by atoms with E-state index in [1.807, 2.05) is 0 Å². The van der Waals surface area contributed by atoms with E-state index in [4.69, 9.17) is 5.73 Å². The topological polar surface area (TPSA) is 32.5 Å². The molecule has 1 aromatic carbocycles. The van der Waals surface area contributed by atoms with E-state index < -0.39 is 0 Å². The fraction of sp³-hybridized carbons (Fsp3) is 0.667. The maximum atomic E-state index is 6.13. The summed E-state index contributed by atoms with van der Waals surface area (Å²) in [5, 5.41) is 0. The Morgan fingerprint density at radius 2 is 1.86 bits per heavy atom. The van der Waals surface area contributed by atoms with Gasteiger partial charge in [-0.15, -0.1) is 0 Å². The molecular weight excluding hydrogens is 258 g/mol. The molecule has 3 aliphatic rings. The minimum Gasteiger partial charge on any atom is -0.329 e. The van der Waals surface area contributed by atoms with E-state index in [0.29, 0.717) is 6.04 Å². The van der Waals surface area contributed by atoms with Crippen molar-refractivity contribution in [3.05, 3.63) is 35.4 Å². The van der Waals surface area contributed by atoms with Gasteiger partial charge in [0.1, 0.15) is 0 Å². The van der Waals surface area contributed by atoms with E-state index in [-0.39, 0.29) is 0 Å². The second kappa shape index (κ2) is 5.71. The van der Waals surface area contributed by atoms with Crippen LogP contribution in [0.2, 0.25) is 0 Å². The summed E-state index contributed by atoms with van der Waals surface area (Å²) < 4.78 is 0. The lowest BCUT2D eigenvalue weighted by atomic mass is 10.00. The molecule has 0 radical (unpaired) electrons. The van der Waals surface area contributed by atoms with Crippen molar-refractivity contribution in [3.63, 3.8) is 0 Å². The predicted octanol–water partition coefficient (Wildman–Crippen LogP) is 2.34. The number of rotatable bonds is 4. The molecule has 21 heavy (non-hydrogen) atoms. The summed E-state index contributed by atoms with van der Waals surface area (Å²) >= 11 is 0. The number of nitrogens with zero attached hydrogens (tertiary/aromatic N) is 2. The highest BCUT2D eigenvalue weighted by molar-refractivity contribution is 5.30. The largest absolute Gasteiger partial charge is 0.329 e. The maximum Gasteiger partial charge on any atom is 0.0471 e. The number of hydrogen-bond acceptors (Lipinski definition) is 3.